The Balaban J connectivity index is 1.78. The summed E-state index contributed by atoms with van der Waals surface area (Å²) in [7, 11) is 1.57. The van der Waals surface area contributed by atoms with Crippen molar-refractivity contribution in [1.82, 2.24) is 0 Å². The lowest BCUT2D eigenvalue weighted by atomic mass is 9.78. The zero-order valence-electron chi connectivity index (χ0n) is 12.5. The molecule has 2 heterocycles. The molecule has 0 spiro atoms. The lowest BCUT2D eigenvalue weighted by Crippen LogP contribution is -2.46. The molecule has 4 atom stereocenters. The Morgan fingerprint density at radius 2 is 1.95 bits per heavy atom. The van der Waals surface area contributed by atoms with E-state index >= 15 is 0 Å². The Labute approximate surface area is 128 Å². The zero-order valence-corrected chi connectivity index (χ0v) is 12.5. The molecule has 118 valence electrons. The minimum absolute atomic E-state index is 0.324. The van der Waals surface area contributed by atoms with Crippen LogP contribution in [0.15, 0.2) is 18.2 Å². The van der Waals surface area contributed by atoms with Crippen molar-refractivity contribution in [3.63, 3.8) is 0 Å². The third-order valence-corrected chi connectivity index (χ3v) is 4.54. The predicted octanol–water partition coefficient (Wildman–Crippen LogP) is 0.486. The van der Waals surface area contributed by atoms with E-state index in [2.05, 4.69) is 5.32 Å². The highest BCUT2D eigenvalue weighted by molar-refractivity contribution is 5.96. The number of aliphatic carboxylic acids is 1. The van der Waals surface area contributed by atoms with Gasteiger partial charge >= 0.3 is 0 Å². The number of benzene rings is 1. The van der Waals surface area contributed by atoms with E-state index in [0.29, 0.717) is 24.3 Å². The molecule has 0 aliphatic carbocycles. The van der Waals surface area contributed by atoms with Gasteiger partial charge in [-0.25, -0.2) is 0 Å². The van der Waals surface area contributed by atoms with Gasteiger partial charge in [-0.1, -0.05) is 0 Å². The topological polar surface area (TPSA) is 87.7 Å². The highest BCUT2D eigenvalue weighted by atomic mass is 16.5. The third kappa shape index (κ3) is 2.43. The number of carbonyl (C=O) groups is 2. The van der Waals surface area contributed by atoms with E-state index in [0.717, 1.165) is 5.56 Å². The van der Waals surface area contributed by atoms with E-state index in [1.54, 1.807) is 19.2 Å². The Bertz CT molecular complexity index is 615. The minimum Gasteiger partial charge on any atom is -0.550 e. The van der Waals surface area contributed by atoms with Crippen LogP contribution >= 0.6 is 0 Å². The number of rotatable bonds is 4. The van der Waals surface area contributed by atoms with Crippen LogP contribution in [-0.4, -0.2) is 31.2 Å². The summed E-state index contributed by atoms with van der Waals surface area (Å²) in [6.07, 6.45) is 0.664. The first kappa shape index (κ1) is 14.8. The van der Waals surface area contributed by atoms with Gasteiger partial charge in [0.05, 0.1) is 25.2 Å². The molecule has 0 radical (unpaired) electrons. The molecular formula is C16H18NO5-. The maximum absolute atomic E-state index is 12.5. The van der Waals surface area contributed by atoms with Gasteiger partial charge in [-0.15, -0.1) is 0 Å². The average Bonchev–Trinajstić information content (AvgIpc) is 3.09. The first-order valence-corrected chi connectivity index (χ1v) is 7.33. The number of amides is 1. The number of anilines is 1. The molecule has 1 amide bonds. The molecule has 0 unspecified atom stereocenters. The van der Waals surface area contributed by atoms with Gasteiger partial charge in [0.2, 0.25) is 5.91 Å². The molecule has 2 saturated heterocycles. The summed E-state index contributed by atoms with van der Waals surface area (Å²) < 4.78 is 10.7. The molecule has 0 aromatic heterocycles. The molecule has 6 nitrogen and oxygen atoms in total. The van der Waals surface area contributed by atoms with E-state index in [-0.39, 0.29) is 12.0 Å². The lowest BCUT2D eigenvalue weighted by Gasteiger charge is -2.27. The van der Waals surface area contributed by atoms with Gasteiger partial charge in [0.25, 0.3) is 0 Å². The third-order valence-electron chi connectivity index (χ3n) is 4.54. The number of carboxylic acid groups (broad SMARTS) is 1. The molecule has 2 aliphatic heterocycles. The Hall–Kier alpha value is -2.08. The first-order valence-electron chi connectivity index (χ1n) is 7.33. The Morgan fingerprint density at radius 1 is 1.27 bits per heavy atom. The fraction of sp³-hybridized carbons (Fsp3) is 0.500. The van der Waals surface area contributed by atoms with Gasteiger partial charge in [-0.05, 0) is 43.5 Å². The summed E-state index contributed by atoms with van der Waals surface area (Å²) in [5.41, 5.74) is 1.49. The van der Waals surface area contributed by atoms with E-state index in [9.17, 15) is 14.7 Å². The molecule has 2 bridgehead atoms. The molecule has 6 heteroatoms. The molecule has 1 aromatic rings. The monoisotopic (exact) mass is 304 g/mol. The Kier molecular flexibility index (Phi) is 3.78. The summed E-state index contributed by atoms with van der Waals surface area (Å²) in [5, 5.41) is 14.1. The van der Waals surface area contributed by atoms with E-state index < -0.39 is 23.9 Å². The molecule has 3 rings (SSSR count). The van der Waals surface area contributed by atoms with Crippen LogP contribution in [0.5, 0.6) is 5.75 Å². The molecule has 1 aromatic carbocycles. The van der Waals surface area contributed by atoms with Crippen LogP contribution in [0, 0.1) is 18.8 Å². The summed E-state index contributed by atoms with van der Waals surface area (Å²) in [5.74, 6) is -2.39. The van der Waals surface area contributed by atoms with Gasteiger partial charge in [0.15, 0.2) is 0 Å². The van der Waals surface area contributed by atoms with Gasteiger partial charge in [-0.3, -0.25) is 4.79 Å². The quantitative estimate of drug-likeness (QED) is 0.874. The minimum atomic E-state index is -1.21. The van der Waals surface area contributed by atoms with Crippen LogP contribution < -0.4 is 15.2 Å². The number of hydrogen-bond donors (Lipinski definition) is 1. The molecule has 2 fully saturated rings. The number of carboxylic acids is 1. The van der Waals surface area contributed by atoms with Crippen molar-refractivity contribution in [3.8, 4) is 5.75 Å². The van der Waals surface area contributed by atoms with Crippen molar-refractivity contribution >= 4 is 17.6 Å². The van der Waals surface area contributed by atoms with Crippen LogP contribution in [0.25, 0.3) is 0 Å². The van der Waals surface area contributed by atoms with Crippen LogP contribution in [-0.2, 0) is 14.3 Å². The summed E-state index contributed by atoms with van der Waals surface area (Å²) in [6.45, 7) is 1.85. The number of methoxy groups -OCH3 is 1. The smallest absolute Gasteiger partial charge is 0.230 e. The highest BCUT2D eigenvalue weighted by Crippen LogP contribution is 2.43. The number of aryl methyl sites for hydroxylation is 1. The number of carbonyl (C=O) groups excluding carboxylic acids is 2. The second kappa shape index (κ2) is 5.61. The molecule has 0 saturated carbocycles. The molecule has 2 aliphatic rings. The van der Waals surface area contributed by atoms with E-state index in [4.69, 9.17) is 9.47 Å². The number of ether oxygens (including phenoxy) is 2. The van der Waals surface area contributed by atoms with Gasteiger partial charge < -0.3 is 24.7 Å². The van der Waals surface area contributed by atoms with Crippen LogP contribution in [0.2, 0.25) is 0 Å². The van der Waals surface area contributed by atoms with Crippen molar-refractivity contribution in [2.24, 2.45) is 11.8 Å². The predicted molar refractivity (Wildman–Crippen MR) is 76.2 cm³/mol. The van der Waals surface area contributed by atoms with Crippen molar-refractivity contribution in [1.29, 1.82) is 0 Å². The second-order valence-corrected chi connectivity index (χ2v) is 5.83. The number of hydrogen-bond acceptors (Lipinski definition) is 5. The van der Waals surface area contributed by atoms with E-state index in [1.165, 1.54) is 0 Å². The zero-order chi connectivity index (χ0) is 15.9. The van der Waals surface area contributed by atoms with Crippen molar-refractivity contribution in [3.05, 3.63) is 23.8 Å². The second-order valence-electron chi connectivity index (χ2n) is 5.83. The van der Waals surface area contributed by atoms with Crippen molar-refractivity contribution in [2.75, 3.05) is 12.4 Å². The maximum Gasteiger partial charge on any atom is 0.230 e. The molecule has 1 N–H and O–H groups in total. The van der Waals surface area contributed by atoms with Gasteiger partial charge in [-0.2, -0.15) is 0 Å². The average molecular weight is 304 g/mol. The summed E-state index contributed by atoms with van der Waals surface area (Å²) in [4.78, 5) is 23.8. The molecular weight excluding hydrogens is 286 g/mol. The van der Waals surface area contributed by atoms with Crippen LogP contribution in [0.4, 0.5) is 5.69 Å². The normalized spacial score (nSPS) is 29.4. The number of nitrogens with one attached hydrogen (secondary N) is 1. The van der Waals surface area contributed by atoms with Gasteiger partial charge in [0.1, 0.15) is 5.75 Å². The fourth-order valence-corrected chi connectivity index (χ4v) is 3.43. The molecule has 22 heavy (non-hydrogen) atoms. The van der Waals surface area contributed by atoms with Gasteiger partial charge in [0, 0.05) is 17.6 Å². The van der Waals surface area contributed by atoms with Crippen LogP contribution in [0.3, 0.4) is 0 Å². The standard InChI is InChI=1S/C16H19NO5/c1-8-7-9(21-2)3-4-10(8)17-15(18)13-11-5-6-12(22-11)14(13)16(19)20/h3-4,7,11-14H,5-6H2,1-2H3,(H,17,18)(H,19,20)/p-1/t11-,12+,13-,14+/m1/s1. The fourth-order valence-electron chi connectivity index (χ4n) is 3.43. The highest BCUT2D eigenvalue weighted by Gasteiger charge is 2.52. The first-order chi connectivity index (χ1) is 10.5. The Morgan fingerprint density at radius 3 is 2.55 bits per heavy atom. The van der Waals surface area contributed by atoms with Crippen LogP contribution in [0.1, 0.15) is 18.4 Å². The largest absolute Gasteiger partial charge is 0.550 e. The summed E-state index contributed by atoms with van der Waals surface area (Å²) >= 11 is 0. The maximum atomic E-state index is 12.5. The van der Waals surface area contributed by atoms with E-state index in [1.807, 2.05) is 13.0 Å². The van der Waals surface area contributed by atoms with Crippen molar-refractivity contribution in [2.45, 2.75) is 32.0 Å². The SMILES string of the molecule is COc1ccc(NC(=O)[C@H]2[C@@H](C(=O)[O-])[C@@H]3CC[C@H]2O3)c(C)c1. The summed E-state index contributed by atoms with van der Waals surface area (Å²) in [6, 6.07) is 5.30. The lowest BCUT2D eigenvalue weighted by molar-refractivity contribution is -0.313. The van der Waals surface area contributed by atoms with Crippen molar-refractivity contribution < 1.29 is 24.2 Å². The number of fused-ring (bicyclic) bond motifs is 2.